The molecule has 1 aromatic rings. The number of nitrogens with one attached hydrogen (secondary N) is 4. The molecule has 9 heteroatoms. The minimum Gasteiger partial charge on any atom is -0.354 e. The lowest BCUT2D eigenvalue weighted by Gasteiger charge is -2.10. The van der Waals surface area contributed by atoms with Crippen LogP contribution in [-0.2, 0) is 4.79 Å². The van der Waals surface area contributed by atoms with Crippen LogP contribution in [0.15, 0.2) is 22.7 Å². The molecule has 0 saturated heterocycles. The van der Waals surface area contributed by atoms with Crippen molar-refractivity contribution in [1.82, 2.24) is 21.5 Å². The standard InChI is InChI=1S/C14H16BrFN4O3/c15-11-7-9(16)3-4-10(11)13(22)19-20-14(23)18-6-5-17-12(21)8-1-2-8/h3-4,7-8H,1-2,5-6H2,(H,17,21)(H,19,22)(H2,18,20,23). The number of hydrogen-bond acceptors (Lipinski definition) is 3. The molecule has 1 aromatic carbocycles. The Morgan fingerprint density at radius 3 is 2.48 bits per heavy atom. The second kappa shape index (κ2) is 7.91. The number of benzene rings is 1. The van der Waals surface area contributed by atoms with Crippen molar-refractivity contribution in [3.8, 4) is 0 Å². The van der Waals surface area contributed by atoms with E-state index in [1.165, 1.54) is 6.07 Å². The topological polar surface area (TPSA) is 99.3 Å². The third-order valence-electron chi connectivity index (χ3n) is 3.12. The second-order valence-electron chi connectivity index (χ2n) is 5.02. The van der Waals surface area contributed by atoms with Crippen LogP contribution in [0.4, 0.5) is 9.18 Å². The van der Waals surface area contributed by atoms with Gasteiger partial charge in [-0.15, -0.1) is 0 Å². The van der Waals surface area contributed by atoms with Gasteiger partial charge in [-0.25, -0.2) is 14.6 Å². The fourth-order valence-electron chi connectivity index (χ4n) is 1.75. The van der Waals surface area contributed by atoms with Crippen molar-refractivity contribution in [1.29, 1.82) is 0 Å². The van der Waals surface area contributed by atoms with Gasteiger partial charge in [0.2, 0.25) is 5.91 Å². The van der Waals surface area contributed by atoms with E-state index in [1.807, 2.05) is 0 Å². The van der Waals surface area contributed by atoms with Crippen LogP contribution in [0.2, 0.25) is 0 Å². The molecule has 0 bridgehead atoms. The summed E-state index contributed by atoms with van der Waals surface area (Å²) in [6, 6.07) is 2.97. The van der Waals surface area contributed by atoms with Crippen LogP contribution in [0, 0.1) is 11.7 Å². The number of carbonyl (C=O) groups excluding carboxylic acids is 3. The minimum absolute atomic E-state index is 0.00155. The maximum absolute atomic E-state index is 12.9. The molecular weight excluding hydrogens is 371 g/mol. The first-order valence-electron chi connectivity index (χ1n) is 7.04. The molecular formula is C14H16BrFN4O3. The van der Waals surface area contributed by atoms with Gasteiger partial charge in [0.05, 0.1) is 5.56 Å². The van der Waals surface area contributed by atoms with Gasteiger partial charge in [0, 0.05) is 23.5 Å². The molecule has 7 nitrogen and oxygen atoms in total. The zero-order valence-corrected chi connectivity index (χ0v) is 13.7. The van der Waals surface area contributed by atoms with E-state index in [1.54, 1.807) is 0 Å². The summed E-state index contributed by atoms with van der Waals surface area (Å²) in [4.78, 5) is 34.7. The zero-order valence-electron chi connectivity index (χ0n) is 12.1. The highest BCUT2D eigenvalue weighted by Crippen LogP contribution is 2.28. The number of hydrazine groups is 1. The lowest BCUT2D eigenvalue weighted by Crippen LogP contribution is -2.48. The van der Waals surface area contributed by atoms with Crippen molar-refractivity contribution >= 4 is 33.8 Å². The van der Waals surface area contributed by atoms with Gasteiger partial charge >= 0.3 is 6.03 Å². The van der Waals surface area contributed by atoms with E-state index < -0.39 is 17.8 Å². The number of amides is 4. The quantitative estimate of drug-likeness (QED) is 0.449. The van der Waals surface area contributed by atoms with Gasteiger partial charge in [-0.05, 0) is 47.0 Å². The van der Waals surface area contributed by atoms with Crippen molar-refractivity contribution < 1.29 is 18.8 Å². The van der Waals surface area contributed by atoms with E-state index >= 15 is 0 Å². The highest BCUT2D eigenvalue weighted by atomic mass is 79.9. The van der Waals surface area contributed by atoms with Gasteiger partial charge in [0.15, 0.2) is 0 Å². The largest absolute Gasteiger partial charge is 0.354 e. The Labute approximate surface area is 140 Å². The third-order valence-corrected chi connectivity index (χ3v) is 3.78. The van der Waals surface area contributed by atoms with Crippen LogP contribution in [0.25, 0.3) is 0 Å². The van der Waals surface area contributed by atoms with Gasteiger partial charge in [0.25, 0.3) is 5.91 Å². The molecule has 0 atom stereocenters. The fourth-order valence-corrected chi connectivity index (χ4v) is 2.28. The second-order valence-corrected chi connectivity index (χ2v) is 5.88. The predicted molar refractivity (Wildman–Crippen MR) is 83.8 cm³/mol. The van der Waals surface area contributed by atoms with Gasteiger partial charge in [-0.3, -0.25) is 15.0 Å². The molecule has 23 heavy (non-hydrogen) atoms. The summed E-state index contributed by atoms with van der Waals surface area (Å²) in [6.45, 7) is 0.556. The molecule has 0 aliphatic heterocycles. The van der Waals surface area contributed by atoms with Crippen molar-refractivity contribution in [2.75, 3.05) is 13.1 Å². The SMILES string of the molecule is O=C(NCCNC(=O)C1CC1)NNC(=O)c1ccc(F)cc1Br. The number of carbonyl (C=O) groups is 3. The van der Waals surface area contributed by atoms with Crippen molar-refractivity contribution in [2.45, 2.75) is 12.8 Å². The van der Waals surface area contributed by atoms with Gasteiger partial charge in [0.1, 0.15) is 5.82 Å². The minimum atomic E-state index is -0.614. The average Bonchev–Trinajstić information content (AvgIpc) is 3.33. The Hall–Kier alpha value is -2.16. The Morgan fingerprint density at radius 1 is 1.13 bits per heavy atom. The molecule has 0 heterocycles. The van der Waals surface area contributed by atoms with Crippen LogP contribution in [0.3, 0.4) is 0 Å². The van der Waals surface area contributed by atoms with E-state index in [-0.39, 0.29) is 28.4 Å². The Kier molecular flexibility index (Phi) is 5.91. The average molecular weight is 387 g/mol. The normalized spacial score (nSPS) is 13.1. The first-order chi connectivity index (χ1) is 11.0. The number of hydrogen-bond donors (Lipinski definition) is 4. The lowest BCUT2D eigenvalue weighted by molar-refractivity contribution is -0.122. The number of rotatable bonds is 5. The molecule has 1 aliphatic rings. The third kappa shape index (κ3) is 5.51. The van der Waals surface area contributed by atoms with Gasteiger partial charge < -0.3 is 10.6 Å². The molecule has 124 valence electrons. The fraction of sp³-hybridized carbons (Fsp3) is 0.357. The molecule has 0 aromatic heterocycles. The van der Waals surface area contributed by atoms with E-state index in [0.717, 1.165) is 25.0 Å². The maximum atomic E-state index is 12.9. The van der Waals surface area contributed by atoms with E-state index in [9.17, 15) is 18.8 Å². The molecule has 0 unspecified atom stereocenters. The molecule has 4 amide bonds. The van der Waals surface area contributed by atoms with E-state index in [4.69, 9.17) is 0 Å². The monoisotopic (exact) mass is 386 g/mol. The van der Waals surface area contributed by atoms with Crippen molar-refractivity contribution in [2.24, 2.45) is 5.92 Å². The first kappa shape index (κ1) is 17.2. The van der Waals surface area contributed by atoms with Crippen molar-refractivity contribution in [3.05, 3.63) is 34.1 Å². The molecule has 1 fully saturated rings. The van der Waals surface area contributed by atoms with Crippen LogP contribution < -0.4 is 21.5 Å². The molecule has 4 N–H and O–H groups in total. The summed E-state index contributed by atoms with van der Waals surface area (Å²) in [5.41, 5.74) is 4.55. The summed E-state index contributed by atoms with van der Waals surface area (Å²) in [6.07, 6.45) is 1.84. The molecule has 2 rings (SSSR count). The van der Waals surface area contributed by atoms with Crippen LogP contribution in [-0.4, -0.2) is 30.9 Å². The van der Waals surface area contributed by atoms with Crippen molar-refractivity contribution in [3.63, 3.8) is 0 Å². The van der Waals surface area contributed by atoms with E-state index in [0.29, 0.717) is 6.54 Å². The van der Waals surface area contributed by atoms with Crippen LogP contribution in [0.5, 0.6) is 0 Å². The highest BCUT2D eigenvalue weighted by molar-refractivity contribution is 9.10. The summed E-state index contributed by atoms with van der Waals surface area (Å²) in [5, 5.41) is 5.17. The summed E-state index contributed by atoms with van der Waals surface area (Å²) >= 11 is 3.07. The Balaban J connectivity index is 1.65. The lowest BCUT2D eigenvalue weighted by atomic mass is 10.2. The molecule has 1 aliphatic carbocycles. The molecule has 0 radical (unpaired) electrons. The highest BCUT2D eigenvalue weighted by Gasteiger charge is 2.28. The first-order valence-corrected chi connectivity index (χ1v) is 7.83. The smallest absolute Gasteiger partial charge is 0.333 e. The molecule has 1 saturated carbocycles. The van der Waals surface area contributed by atoms with Gasteiger partial charge in [-0.2, -0.15) is 0 Å². The summed E-state index contributed by atoms with van der Waals surface area (Å²) in [7, 11) is 0. The van der Waals surface area contributed by atoms with E-state index in [2.05, 4.69) is 37.4 Å². The van der Waals surface area contributed by atoms with Crippen LogP contribution in [0.1, 0.15) is 23.2 Å². The Bertz CT molecular complexity index is 622. The maximum Gasteiger partial charge on any atom is 0.333 e. The van der Waals surface area contributed by atoms with Crippen LogP contribution >= 0.6 is 15.9 Å². The number of halogens is 2. The summed E-state index contributed by atoms with van der Waals surface area (Å²) < 4.78 is 13.2. The number of urea groups is 1. The summed E-state index contributed by atoms with van der Waals surface area (Å²) in [5.74, 6) is -0.944. The zero-order chi connectivity index (χ0) is 16.8. The Morgan fingerprint density at radius 2 is 1.83 bits per heavy atom. The van der Waals surface area contributed by atoms with Gasteiger partial charge in [-0.1, -0.05) is 0 Å². The predicted octanol–water partition coefficient (Wildman–Crippen LogP) is 1.06. The molecule has 0 spiro atoms.